The molecule has 0 bridgehead atoms. The van der Waals surface area contributed by atoms with E-state index in [0.717, 1.165) is 5.69 Å². The van der Waals surface area contributed by atoms with Crippen molar-refractivity contribution in [1.29, 1.82) is 0 Å². The van der Waals surface area contributed by atoms with Crippen LogP contribution >= 0.6 is 11.3 Å². The van der Waals surface area contributed by atoms with E-state index in [2.05, 4.69) is 17.5 Å². The highest BCUT2D eigenvalue weighted by Gasteiger charge is 2.08. The summed E-state index contributed by atoms with van der Waals surface area (Å²) in [7, 11) is 0. The molecule has 2 rings (SSSR count). The fourth-order valence-corrected chi connectivity index (χ4v) is 1.92. The maximum Gasteiger partial charge on any atom is 0.180 e. The van der Waals surface area contributed by atoms with Crippen LogP contribution in [-0.2, 0) is 0 Å². The number of allylic oxidation sites excluding steroid dienone is 2. The number of nitrogen functional groups attached to an aromatic ring is 1. The van der Waals surface area contributed by atoms with Gasteiger partial charge in [-0.05, 0) is 31.3 Å². The molecule has 2 N–H and O–H groups in total. The summed E-state index contributed by atoms with van der Waals surface area (Å²) in [6.07, 6.45) is 8.08. The first-order valence-corrected chi connectivity index (χ1v) is 4.99. The summed E-state index contributed by atoms with van der Waals surface area (Å²) >= 11 is 1.50. The number of anilines is 1. The van der Waals surface area contributed by atoms with Crippen LogP contribution in [0.4, 0.5) is 5.13 Å². The fraction of sp³-hybridized carbons (Fsp3) is 0.333. The molecule has 0 saturated carbocycles. The quantitative estimate of drug-likeness (QED) is 0.719. The zero-order valence-corrected chi connectivity index (χ0v) is 7.60. The average molecular weight is 179 g/mol. The lowest BCUT2D eigenvalue weighted by Crippen LogP contribution is -1.93. The normalized spacial score (nSPS) is 17.5. The Morgan fingerprint density at radius 1 is 1.42 bits per heavy atom. The molecule has 63 valence electrons. The Morgan fingerprint density at radius 3 is 2.92 bits per heavy atom. The van der Waals surface area contributed by atoms with Gasteiger partial charge in [0.05, 0.1) is 5.69 Å². The highest BCUT2D eigenvalue weighted by atomic mass is 32.1. The molecular weight excluding hydrogens is 168 g/mol. The molecule has 1 aromatic rings. The lowest BCUT2D eigenvalue weighted by atomic mass is 9.98. The Hall–Kier alpha value is -0.830. The minimum Gasteiger partial charge on any atom is -0.375 e. The van der Waals surface area contributed by atoms with Gasteiger partial charge in [0.15, 0.2) is 5.13 Å². The standard InChI is InChI=1S/C9H11N2S/c10-9-11-8(6-12-9)7-4-2-1-3-5-7/h4-6H,1-3H2,(H2,10,11). The number of hydrogen-bond acceptors (Lipinski definition) is 3. The SMILES string of the molecule is Nc1nc(C2=CCCC[CH]2)cs1. The minimum atomic E-state index is 0.657. The second-order valence-corrected chi connectivity index (χ2v) is 3.76. The van der Waals surface area contributed by atoms with E-state index in [9.17, 15) is 0 Å². The van der Waals surface area contributed by atoms with Gasteiger partial charge in [0.2, 0.25) is 0 Å². The molecule has 0 fully saturated rings. The van der Waals surface area contributed by atoms with E-state index in [1.807, 2.05) is 5.38 Å². The van der Waals surface area contributed by atoms with E-state index in [4.69, 9.17) is 5.73 Å². The van der Waals surface area contributed by atoms with Crippen LogP contribution in [0.3, 0.4) is 0 Å². The van der Waals surface area contributed by atoms with Gasteiger partial charge in [-0.25, -0.2) is 4.98 Å². The molecule has 3 heteroatoms. The van der Waals surface area contributed by atoms with Crippen LogP contribution in [0.1, 0.15) is 25.0 Å². The molecule has 1 radical (unpaired) electrons. The molecule has 1 aliphatic rings. The summed E-state index contributed by atoms with van der Waals surface area (Å²) in [5, 5.41) is 2.67. The summed E-state index contributed by atoms with van der Waals surface area (Å²) in [5.41, 5.74) is 7.85. The number of rotatable bonds is 1. The Bertz CT molecular complexity index is 301. The van der Waals surface area contributed by atoms with Crippen molar-refractivity contribution < 1.29 is 0 Å². The Kier molecular flexibility index (Phi) is 2.13. The largest absolute Gasteiger partial charge is 0.375 e. The average Bonchev–Trinajstić information content (AvgIpc) is 2.54. The van der Waals surface area contributed by atoms with Crippen molar-refractivity contribution in [2.75, 3.05) is 5.73 Å². The van der Waals surface area contributed by atoms with Crippen LogP contribution in [0.2, 0.25) is 0 Å². The van der Waals surface area contributed by atoms with Gasteiger partial charge >= 0.3 is 0 Å². The summed E-state index contributed by atoms with van der Waals surface area (Å²) in [5.74, 6) is 0. The predicted molar refractivity (Wildman–Crippen MR) is 52.7 cm³/mol. The molecule has 0 saturated heterocycles. The van der Waals surface area contributed by atoms with Crippen LogP contribution in [0.25, 0.3) is 5.57 Å². The Labute approximate surface area is 76.1 Å². The van der Waals surface area contributed by atoms with E-state index >= 15 is 0 Å². The third-order valence-electron chi connectivity index (χ3n) is 1.95. The monoisotopic (exact) mass is 179 g/mol. The molecule has 1 aromatic heterocycles. The van der Waals surface area contributed by atoms with Crippen molar-refractivity contribution in [3.05, 3.63) is 23.6 Å². The zero-order valence-electron chi connectivity index (χ0n) is 6.79. The third-order valence-corrected chi connectivity index (χ3v) is 2.63. The number of hydrogen-bond donors (Lipinski definition) is 1. The molecule has 2 nitrogen and oxygen atoms in total. The molecule has 0 atom stereocenters. The van der Waals surface area contributed by atoms with E-state index in [-0.39, 0.29) is 0 Å². The first-order valence-electron chi connectivity index (χ1n) is 4.11. The predicted octanol–water partition coefficient (Wildman–Crippen LogP) is 2.50. The lowest BCUT2D eigenvalue weighted by molar-refractivity contribution is 0.823. The maximum absolute atomic E-state index is 5.55. The minimum absolute atomic E-state index is 0.657. The van der Waals surface area contributed by atoms with Gasteiger partial charge in [-0.3, -0.25) is 0 Å². The molecule has 12 heavy (non-hydrogen) atoms. The summed E-state index contributed by atoms with van der Waals surface area (Å²) in [6, 6.07) is 0. The van der Waals surface area contributed by atoms with Gasteiger partial charge in [0.25, 0.3) is 0 Å². The number of nitrogens with zero attached hydrogens (tertiary/aromatic N) is 1. The van der Waals surface area contributed by atoms with Gasteiger partial charge in [0.1, 0.15) is 0 Å². The summed E-state index contributed by atoms with van der Waals surface area (Å²) in [6.45, 7) is 0. The van der Waals surface area contributed by atoms with Gasteiger partial charge in [-0.1, -0.05) is 6.08 Å². The zero-order chi connectivity index (χ0) is 8.39. The van der Waals surface area contributed by atoms with Crippen molar-refractivity contribution in [3.63, 3.8) is 0 Å². The molecule has 0 aromatic carbocycles. The molecule has 1 aliphatic carbocycles. The molecule has 1 heterocycles. The first kappa shape index (κ1) is 7.80. The van der Waals surface area contributed by atoms with Crippen LogP contribution < -0.4 is 5.73 Å². The van der Waals surface area contributed by atoms with E-state index in [1.165, 1.54) is 36.2 Å². The van der Waals surface area contributed by atoms with Crippen molar-refractivity contribution in [3.8, 4) is 0 Å². The van der Waals surface area contributed by atoms with Gasteiger partial charge in [-0.2, -0.15) is 0 Å². The fourth-order valence-electron chi connectivity index (χ4n) is 1.35. The van der Waals surface area contributed by atoms with E-state index in [0.29, 0.717) is 5.13 Å². The van der Waals surface area contributed by atoms with E-state index < -0.39 is 0 Å². The second kappa shape index (κ2) is 3.27. The molecule has 0 spiro atoms. The molecule has 0 amide bonds. The van der Waals surface area contributed by atoms with Crippen molar-refractivity contribution in [2.24, 2.45) is 0 Å². The van der Waals surface area contributed by atoms with Crippen molar-refractivity contribution >= 4 is 22.0 Å². The van der Waals surface area contributed by atoms with Crippen LogP contribution in [0.5, 0.6) is 0 Å². The topological polar surface area (TPSA) is 38.9 Å². The van der Waals surface area contributed by atoms with Gasteiger partial charge in [-0.15, -0.1) is 11.3 Å². The van der Waals surface area contributed by atoms with Crippen molar-refractivity contribution in [2.45, 2.75) is 19.3 Å². The molecular formula is C9H11N2S. The molecule has 0 unspecified atom stereocenters. The number of aromatic nitrogens is 1. The smallest absolute Gasteiger partial charge is 0.180 e. The summed E-state index contributed by atoms with van der Waals surface area (Å²) in [4.78, 5) is 4.23. The van der Waals surface area contributed by atoms with Crippen LogP contribution in [0, 0.1) is 6.42 Å². The number of thiazole rings is 1. The van der Waals surface area contributed by atoms with Gasteiger partial charge in [0, 0.05) is 5.38 Å². The summed E-state index contributed by atoms with van der Waals surface area (Å²) < 4.78 is 0. The van der Waals surface area contributed by atoms with Crippen molar-refractivity contribution in [1.82, 2.24) is 4.98 Å². The third kappa shape index (κ3) is 1.50. The van der Waals surface area contributed by atoms with E-state index in [1.54, 1.807) is 0 Å². The van der Waals surface area contributed by atoms with Crippen LogP contribution in [0.15, 0.2) is 11.5 Å². The maximum atomic E-state index is 5.55. The number of nitrogens with two attached hydrogens (primary N) is 1. The Morgan fingerprint density at radius 2 is 2.33 bits per heavy atom. The van der Waals surface area contributed by atoms with Gasteiger partial charge < -0.3 is 5.73 Å². The lowest BCUT2D eigenvalue weighted by Gasteiger charge is -2.08. The Balaban J connectivity index is 2.23. The highest BCUT2D eigenvalue weighted by molar-refractivity contribution is 7.13. The van der Waals surface area contributed by atoms with Crippen LogP contribution in [-0.4, -0.2) is 4.98 Å². The second-order valence-electron chi connectivity index (χ2n) is 2.87. The highest BCUT2D eigenvalue weighted by Crippen LogP contribution is 2.27. The molecule has 0 aliphatic heterocycles. The first-order chi connectivity index (χ1) is 5.86.